The van der Waals surface area contributed by atoms with Gasteiger partial charge in [0, 0.05) is 0 Å². The third kappa shape index (κ3) is 2.95. The van der Waals surface area contributed by atoms with E-state index < -0.39 is 65.5 Å². The van der Waals surface area contributed by atoms with E-state index in [2.05, 4.69) is 0 Å². The molecule has 0 saturated carbocycles. The van der Waals surface area contributed by atoms with E-state index in [1.165, 1.54) is 4.74 Å². The molecule has 1 aliphatic rings. The van der Waals surface area contributed by atoms with Crippen LogP contribution in [0.3, 0.4) is 0 Å². The molecular weight excluding hydrogens is 566 g/mol. The molecular formula is C11F22O. The molecule has 204 valence electrons. The molecule has 0 aromatic carbocycles. The summed E-state index contributed by atoms with van der Waals surface area (Å²) in [6.07, 6.45) is -15.8. The molecule has 1 rings (SSSR count). The Morgan fingerprint density at radius 3 is 1.03 bits per heavy atom. The first-order chi connectivity index (χ1) is 14.2. The van der Waals surface area contributed by atoms with Gasteiger partial charge in [0.1, 0.15) is 0 Å². The van der Waals surface area contributed by atoms with Crippen LogP contribution in [0.5, 0.6) is 0 Å². The number of hydrogen-bond donors (Lipinski definition) is 0. The molecule has 0 N–H and O–H groups in total. The van der Waals surface area contributed by atoms with Crippen LogP contribution in [-0.2, 0) is 4.74 Å². The fourth-order valence-corrected chi connectivity index (χ4v) is 2.12. The number of halogens is 22. The van der Waals surface area contributed by atoms with Crippen LogP contribution in [0.1, 0.15) is 0 Å². The van der Waals surface area contributed by atoms with Crippen LogP contribution in [0.4, 0.5) is 96.6 Å². The second kappa shape index (κ2) is 6.79. The first-order valence-corrected chi connectivity index (χ1v) is 7.07. The topological polar surface area (TPSA) is 9.23 Å². The minimum Gasteiger partial charge on any atom is -0.267 e. The second-order valence-corrected chi connectivity index (χ2v) is 6.31. The van der Waals surface area contributed by atoms with Crippen LogP contribution >= 0.6 is 0 Å². The predicted octanol–water partition coefficient (Wildman–Crippen LogP) is 6.92. The fraction of sp³-hybridized carbons (Fsp3) is 1.00. The predicted molar refractivity (Wildman–Crippen MR) is 55.5 cm³/mol. The van der Waals surface area contributed by atoms with Crippen LogP contribution in [0.2, 0.25) is 0 Å². The van der Waals surface area contributed by atoms with Gasteiger partial charge < -0.3 is 0 Å². The average molecular weight is 566 g/mol. The van der Waals surface area contributed by atoms with Crippen LogP contribution in [-0.4, -0.2) is 65.5 Å². The summed E-state index contributed by atoms with van der Waals surface area (Å²) in [7, 11) is 0. The maximum absolute atomic E-state index is 13.9. The molecule has 0 aliphatic carbocycles. The first-order valence-electron chi connectivity index (χ1n) is 7.07. The van der Waals surface area contributed by atoms with E-state index in [9.17, 15) is 96.6 Å². The van der Waals surface area contributed by atoms with Gasteiger partial charge in [-0.3, -0.25) is 4.74 Å². The number of rotatable bonds is 5. The molecule has 0 radical (unpaired) electrons. The normalized spacial score (nSPS) is 28.1. The Bertz CT molecular complexity index is 804. The summed E-state index contributed by atoms with van der Waals surface area (Å²) in [6.45, 7) is 0. The molecule has 0 amide bonds. The lowest BCUT2D eigenvalue weighted by Gasteiger charge is -2.51. The lowest BCUT2D eigenvalue weighted by atomic mass is 9.83. The van der Waals surface area contributed by atoms with Gasteiger partial charge in [-0.2, -0.15) is 96.6 Å². The molecule has 1 heterocycles. The zero-order chi connectivity index (χ0) is 28.2. The van der Waals surface area contributed by atoms with E-state index in [4.69, 9.17) is 0 Å². The summed E-state index contributed by atoms with van der Waals surface area (Å²) in [5.74, 6) is -78.0. The highest BCUT2D eigenvalue weighted by Crippen LogP contribution is 2.70. The Morgan fingerprint density at radius 1 is 0.382 bits per heavy atom. The summed E-state index contributed by atoms with van der Waals surface area (Å²) < 4.78 is 287. The summed E-state index contributed by atoms with van der Waals surface area (Å²) in [5, 5.41) is 0. The largest absolute Gasteiger partial charge is 0.460 e. The van der Waals surface area contributed by atoms with Crippen molar-refractivity contribution in [2.75, 3.05) is 0 Å². The maximum atomic E-state index is 13.9. The van der Waals surface area contributed by atoms with Crippen molar-refractivity contribution in [2.24, 2.45) is 0 Å². The third-order valence-corrected chi connectivity index (χ3v) is 4.16. The minimum atomic E-state index is -9.20. The summed E-state index contributed by atoms with van der Waals surface area (Å²) in [5.41, 5.74) is 0. The first kappa shape index (κ1) is 30.5. The van der Waals surface area contributed by atoms with Gasteiger partial charge in [-0.1, -0.05) is 0 Å². The Hall–Kier alpha value is -1.58. The minimum absolute atomic E-state index is 1.24. The standard InChI is InChI=1S/C11F22O/c12-1(13,3(16,17)7(24,25)10(29,30)31)2(14,15)5(20,21)9(28)6(22,23)4(18,19)8(26,27)11(32,33)34-9. The van der Waals surface area contributed by atoms with Gasteiger partial charge >= 0.3 is 65.5 Å². The molecule has 1 fully saturated rings. The maximum Gasteiger partial charge on any atom is 0.460 e. The van der Waals surface area contributed by atoms with Crippen LogP contribution < -0.4 is 0 Å². The molecule has 23 heteroatoms. The van der Waals surface area contributed by atoms with Crippen molar-refractivity contribution in [3.8, 4) is 0 Å². The monoisotopic (exact) mass is 566 g/mol. The molecule has 0 aromatic heterocycles. The van der Waals surface area contributed by atoms with Gasteiger partial charge in [0.2, 0.25) is 0 Å². The third-order valence-electron chi connectivity index (χ3n) is 4.16. The highest BCUT2D eigenvalue weighted by Gasteiger charge is 3.02. The van der Waals surface area contributed by atoms with Crippen LogP contribution in [0.15, 0.2) is 0 Å². The molecule has 0 spiro atoms. The van der Waals surface area contributed by atoms with Gasteiger partial charge in [-0.05, 0) is 0 Å². The Morgan fingerprint density at radius 2 is 0.706 bits per heavy atom. The Balaban J connectivity index is 3.94. The van der Waals surface area contributed by atoms with Crippen molar-refractivity contribution < 1.29 is 101 Å². The van der Waals surface area contributed by atoms with Gasteiger partial charge in [0.05, 0.1) is 0 Å². The number of ether oxygens (including phenoxy) is 1. The molecule has 0 aromatic rings. The Labute approximate surface area is 168 Å². The molecule has 1 nitrogen and oxygen atoms in total. The quantitative estimate of drug-likeness (QED) is 0.329. The summed E-state index contributed by atoms with van der Waals surface area (Å²) >= 11 is 0. The smallest absolute Gasteiger partial charge is 0.267 e. The van der Waals surface area contributed by atoms with Crippen LogP contribution in [0.25, 0.3) is 0 Å². The number of hydrogen-bond acceptors (Lipinski definition) is 1. The molecule has 0 bridgehead atoms. The van der Waals surface area contributed by atoms with Crippen molar-refractivity contribution >= 4 is 0 Å². The molecule has 1 saturated heterocycles. The van der Waals surface area contributed by atoms with Crippen molar-refractivity contribution in [1.29, 1.82) is 0 Å². The van der Waals surface area contributed by atoms with E-state index in [0.717, 1.165) is 0 Å². The average Bonchev–Trinajstić information content (AvgIpc) is 2.57. The van der Waals surface area contributed by atoms with E-state index in [1.807, 2.05) is 0 Å². The van der Waals surface area contributed by atoms with Crippen molar-refractivity contribution in [3.05, 3.63) is 0 Å². The molecule has 1 aliphatic heterocycles. The molecule has 34 heavy (non-hydrogen) atoms. The fourth-order valence-electron chi connectivity index (χ4n) is 2.12. The Kier molecular flexibility index (Phi) is 6.08. The highest BCUT2D eigenvalue weighted by molar-refractivity contribution is 5.21. The van der Waals surface area contributed by atoms with Gasteiger partial charge in [0.15, 0.2) is 0 Å². The summed E-state index contributed by atoms with van der Waals surface area (Å²) in [4.78, 5) is 0. The van der Waals surface area contributed by atoms with E-state index in [1.54, 1.807) is 0 Å². The lowest BCUT2D eigenvalue weighted by molar-refractivity contribution is -0.573. The van der Waals surface area contributed by atoms with Gasteiger partial charge in [-0.25, -0.2) is 0 Å². The molecule has 1 atom stereocenters. The highest BCUT2D eigenvalue weighted by atomic mass is 19.4. The second-order valence-electron chi connectivity index (χ2n) is 6.31. The van der Waals surface area contributed by atoms with Crippen molar-refractivity contribution in [3.63, 3.8) is 0 Å². The van der Waals surface area contributed by atoms with Crippen molar-refractivity contribution in [2.45, 2.75) is 65.5 Å². The SMILES string of the molecule is FC(F)(F)C(F)(F)C(F)(F)C(F)(F)C(F)(F)C(F)(F)C1(F)OC(F)(F)C(F)(F)C(F)(F)C1(F)F. The van der Waals surface area contributed by atoms with Gasteiger partial charge in [-0.15, -0.1) is 0 Å². The summed E-state index contributed by atoms with van der Waals surface area (Å²) in [6, 6.07) is 0. The lowest BCUT2D eigenvalue weighted by Crippen LogP contribution is -2.83. The van der Waals surface area contributed by atoms with Gasteiger partial charge in [0.25, 0.3) is 0 Å². The van der Waals surface area contributed by atoms with Crippen LogP contribution in [0, 0.1) is 0 Å². The zero-order valence-electron chi connectivity index (χ0n) is 14.2. The van der Waals surface area contributed by atoms with Crippen molar-refractivity contribution in [1.82, 2.24) is 0 Å². The zero-order valence-corrected chi connectivity index (χ0v) is 14.2. The van der Waals surface area contributed by atoms with E-state index in [-0.39, 0.29) is 0 Å². The van der Waals surface area contributed by atoms with E-state index >= 15 is 0 Å². The number of alkyl halides is 22. The molecule has 1 unspecified atom stereocenters. The van der Waals surface area contributed by atoms with E-state index in [0.29, 0.717) is 0 Å².